The van der Waals surface area contributed by atoms with Gasteiger partial charge in [0.2, 0.25) is 10.0 Å². The van der Waals surface area contributed by atoms with Crippen LogP contribution in [0.2, 0.25) is 0 Å². The lowest BCUT2D eigenvalue weighted by Crippen LogP contribution is -2.42. The monoisotopic (exact) mass is 439 g/mol. The topological polar surface area (TPSA) is 78.0 Å². The van der Waals surface area contributed by atoms with Crippen molar-refractivity contribution in [2.45, 2.75) is 37.0 Å². The lowest BCUT2D eigenvalue weighted by molar-refractivity contribution is 0.0771. The predicted molar refractivity (Wildman–Crippen MR) is 114 cm³/mol. The van der Waals surface area contributed by atoms with Crippen LogP contribution in [-0.4, -0.2) is 78.5 Å². The fourth-order valence-electron chi connectivity index (χ4n) is 4.35. The fourth-order valence-corrected chi connectivity index (χ4v) is 6.94. The summed E-state index contributed by atoms with van der Waals surface area (Å²) in [7, 11) is -4.47. The molecule has 3 heterocycles. The number of anilines is 1. The molecule has 4 rings (SSSR count). The van der Waals surface area contributed by atoms with E-state index in [4.69, 9.17) is 0 Å². The van der Waals surface area contributed by atoms with Crippen LogP contribution in [0.4, 0.5) is 5.69 Å². The summed E-state index contributed by atoms with van der Waals surface area (Å²) in [4.78, 5) is 17.4. The van der Waals surface area contributed by atoms with E-state index in [9.17, 15) is 17.4 Å². The molecule has 1 aromatic rings. The van der Waals surface area contributed by atoms with Crippen molar-refractivity contribution in [1.29, 1.82) is 0 Å². The first-order chi connectivity index (χ1) is 14.0. The summed E-state index contributed by atoms with van der Waals surface area (Å²) in [6.45, 7) is 3.74. The molecule has 7 nitrogen and oxygen atoms in total. The zero-order chi connectivity index (χ0) is 20.4. The summed E-state index contributed by atoms with van der Waals surface area (Å²) in [5.41, 5.74) is 1.27. The highest BCUT2D eigenvalue weighted by atomic mass is 32.2. The van der Waals surface area contributed by atoms with E-state index in [1.54, 1.807) is 27.4 Å². The van der Waals surface area contributed by atoms with Gasteiger partial charge >= 0.3 is 0 Å². The minimum atomic E-state index is -3.60. The SMILES string of the molecule is O=C(c1cc(S(=O)(=O)N2CCCCC2)ccc1N1CCCC1)N1CCS(=O)CC1. The maximum Gasteiger partial charge on any atom is 0.256 e. The third-order valence-corrected chi connectivity index (χ3v) is 9.23. The summed E-state index contributed by atoms with van der Waals surface area (Å²) in [5, 5.41) is 0. The van der Waals surface area contributed by atoms with Crippen LogP contribution < -0.4 is 4.90 Å². The minimum absolute atomic E-state index is 0.153. The Morgan fingerprint density at radius 1 is 0.862 bits per heavy atom. The number of rotatable bonds is 4. The lowest BCUT2D eigenvalue weighted by atomic mass is 10.1. The summed E-state index contributed by atoms with van der Waals surface area (Å²) < 4.78 is 39.5. The van der Waals surface area contributed by atoms with E-state index in [-0.39, 0.29) is 10.8 Å². The van der Waals surface area contributed by atoms with Gasteiger partial charge in [0.15, 0.2) is 0 Å². The minimum Gasteiger partial charge on any atom is -0.371 e. The molecule has 3 fully saturated rings. The van der Waals surface area contributed by atoms with Crippen molar-refractivity contribution in [3.05, 3.63) is 23.8 Å². The second kappa shape index (κ2) is 8.73. The van der Waals surface area contributed by atoms with Crippen LogP contribution in [0.15, 0.2) is 23.1 Å². The molecule has 0 atom stereocenters. The molecular formula is C20H29N3O4S2. The van der Waals surface area contributed by atoms with E-state index in [0.29, 0.717) is 43.2 Å². The molecule has 1 amide bonds. The fraction of sp³-hybridized carbons (Fsp3) is 0.650. The van der Waals surface area contributed by atoms with Gasteiger partial charge in [0.25, 0.3) is 5.91 Å². The average Bonchev–Trinajstić information content (AvgIpc) is 3.29. The number of benzene rings is 1. The molecule has 0 N–H and O–H groups in total. The Labute approximate surface area is 175 Å². The van der Waals surface area contributed by atoms with Crippen LogP contribution in [0.5, 0.6) is 0 Å². The molecule has 3 aliphatic heterocycles. The van der Waals surface area contributed by atoms with Gasteiger partial charge in [-0.3, -0.25) is 9.00 Å². The second-order valence-electron chi connectivity index (χ2n) is 7.98. The molecule has 29 heavy (non-hydrogen) atoms. The van der Waals surface area contributed by atoms with Crippen molar-refractivity contribution in [2.75, 3.05) is 55.7 Å². The van der Waals surface area contributed by atoms with Crippen LogP contribution >= 0.6 is 0 Å². The highest BCUT2D eigenvalue weighted by Crippen LogP contribution is 2.30. The van der Waals surface area contributed by atoms with E-state index < -0.39 is 20.8 Å². The van der Waals surface area contributed by atoms with Gasteiger partial charge < -0.3 is 9.80 Å². The van der Waals surface area contributed by atoms with Crippen molar-refractivity contribution in [1.82, 2.24) is 9.21 Å². The number of amides is 1. The molecule has 0 aromatic heterocycles. The van der Waals surface area contributed by atoms with Gasteiger partial charge in [0, 0.05) is 67.3 Å². The van der Waals surface area contributed by atoms with Gasteiger partial charge in [-0.1, -0.05) is 6.42 Å². The molecule has 0 saturated carbocycles. The Morgan fingerprint density at radius 3 is 2.14 bits per heavy atom. The van der Waals surface area contributed by atoms with Crippen molar-refractivity contribution < 1.29 is 17.4 Å². The number of piperidine rings is 1. The Hall–Kier alpha value is -1.45. The molecule has 0 spiro atoms. The number of hydrogen-bond donors (Lipinski definition) is 0. The predicted octanol–water partition coefficient (Wildman–Crippen LogP) is 1.67. The van der Waals surface area contributed by atoms with E-state index in [1.165, 1.54) is 0 Å². The molecule has 160 valence electrons. The average molecular weight is 440 g/mol. The van der Waals surface area contributed by atoms with Crippen LogP contribution in [0.3, 0.4) is 0 Å². The zero-order valence-electron chi connectivity index (χ0n) is 16.7. The third-order valence-electron chi connectivity index (χ3n) is 6.06. The summed E-state index contributed by atoms with van der Waals surface area (Å²) in [5.74, 6) is 0.812. The normalized spacial score (nSPS) is 22.2. The van der Waals surface area contributed by atoms with Crippen LogP contribution in [0.25, 0.3) is 0 Å². The molecule has 0 radical (unpaired) electrons. The largest absolute Gasteiger partial charge is 0.371 e. The number of carbonyl (C=O) groups excluding carboxylic acids is 1. The molecule has 3 saturated heterocycles. The van der Waals surface area contributed by atoms with Crippen LogP contribution in [-0.2, 0) is 20.8 Å². The quantitative estimate of drug-likeness (QED) is 0.713. The highest BCUT2D eigenvalue weighted by molar-refractivity contribution is 7.89. The van der Waals surface area contributed by atoms with E-state index in [1.807, 2.05) is 0 Å². The van der Waals surface area contributed by atoms with Gasteiger partial charge in [-0.05, 0) is 43.9 Å². The Kier molecular flexibility index (Phi) is 6.27. The zero-order valence-corrected chi connectivity index (χ0v) is 18.3. The second-order valence-corrected chi connectivity index (χ2v) is 11.6. The van der Waals surface area contributed by atoms with E-state index in [2.05, 4.69) is 4.90 Å². The van der Waals surface area contributed by atoms with Crippen molar-refractivity contribution in [3.63, 3.8) is 0 Å². The lowest BCUT2D eigenvalue weighted by Gasteiger charge is -2.30. The summed E-state index contributed by atoms with van der Waals surface area (Å²) in [6.07, 6.45) is 4.96. The number of sulfonamides is 1. The maximum atomic E-state index is 13.3. The molecule has 3 aliphatic rings. The van der Waals surface area contributed by atoms with E-state index >= 15 is 0 Å². The van der Waals surface area contributed by atoms with Crippen LogP contribution in [0.1, 0.15) is 42.5 Å². The Bertz CT molecular complexity index is 881. The molecule has 0 unspecified atom stereocenters. The van der Waals surface area contributed by atoms with E-state index in [0.717, 1.165) is 50.9 Å². The number of carbonyl (C=O) groups is 1. The number of hydrogen-bond acceptors (Lipinski definition) is 5. The molecule has 0 aliphatic carbocycles. The maximum absolute atomic E-state index is 13.3. The van der Waals surface area contributed by atoms with Gasteiger partial charge in [-0.15, -0.1) is 0 Å². The first-order valence-corrected chi connectivity index (χ1v) is 13.4. The van der Waals surface area contributed by atoms with Gasteiger partial charge in [-0.2, -0.15) is 4.31 Å². The summed E-state index contributed by atoms with van der Waals surface area (Å²) in [6, 6.07) is 5.03. The third kappa shape index (κ3) is 4.36. The molecule has 0 bridgehead atoms. The van der Waals surface area contributed by atoms with Gasteiger partial charge in [0.1, 0.15) is 0 Å². The Balaban J connectivity index is 1.69. The molecule has 9 heteroatoms. The van der Waals surface area contributed by atoms with Gasteiger partial charge in [-0.25, -0.2) is 8.42 Å². The van der Waals surface area contributed by atoms with Gasteiger partial charge in [0.05, 0.1) is 10.5 Å². The smallest absolute Gasteiger partial charge is 0.256 e. The highest BCUT2D eigenvalue weighted by Gasteiger charge is 2.30. The molecular weight excluding hydrogens is 410 g/mol. The summed E-state index contributed by atoms with van der Waals surface area (Å²) >= 11 is 0. The van der Waals surface area contributed by atoms with Crippen LogP contribution in [0, 0.1) is 0 Å². The van der Waals surface area contributed by atoms with Crippen molar-refractivity contribution in [2.24, 2.45) is 0 Å². The first kappa shape index (κ1) is 20.8. The first-order valence-electron chi connectivity index (χ1n) is 10.5. The van der Waals surface area contributed by atoms with Crippen molar-refractivity contribution in [3.8, 4) is 0 Å². The Morgan fingerprint density at radius 2 is 1.48 bits per heavy atom. The van der Waals surface area contributed by atoms with Crippen molar-refractivity contribution >= 4 is 32.4 Å². The molecule has 1 aromatic carbocycles. The number of nitrogens with zero attached hydrogens (tertiary/aromatic N) is 3. The standard InChI is InChI=1S/C20H29N3O4S2/c24-20(22-12-14-28(25)15-13-22)18-16-17(6-7-19(18)21-8-4-5-9-21)29(26,27)23-10-2-1-3-11-23/h6-7,16H,1-5,8-15H2.